The Morgan fingerprint density at radius 1 is 1.54 bits per heavy atom. The number of nitrogens with zero attached hydrogens (tertiary/aromatic N) is 2. The highest BCUT2D eigenvalue weighted by molar-refractivity contribution is 8.00. The van der Waals surface area contributed by atoms with E-state index in [-0.39, 0.29) is 35.1 Å². The first-order valence-corrected chi connectivity index (χ1v) is 8.05. The molecule has 0 radical (unpaired) electrons. The van der Waals surface area contributed by atoms with E-state index in [9.17, 15) is 19.8 Å². The Morgan fingerprint density at radius 2 is 2.29 bits per heavy atom. The number of β-lactam (4-membered cyclic amide) rings is 1. The molecule has 0 bridgehead atoms. The Labute approximate surface area is 148 Å². The van der Waals surface area contributed by atoms with Gasteiger partial charge in [0, 0.05) is 11.8 Å². The van der Waals surface area contributed by atoms with E-state index in [1.807, 2.05) is 0 Å². The summed E-state index contributed by atoms with van der Waals surface area (Å²) < 4.78 is 1.76. The average Bonchev–Trinajstić information content (AvgIpc) is 2.53. The van der Waals surface area contributed by atoms with Gasteiger partial charge in [0.2, 0.25) is 12.1 Å². The number of amides is 1. The van der Waals surface area contributed by atoms with E-state index in [4.69, 9.17) is 5.73 Å². The summed E-state index contributed by atoms with van der Waals surface area (Å²) in [7, 11) is 0. The zero-order valence-corrected chi connectivity index (χ0v) is 14.1. The number of aliphatic carboxylic acids is 1. The molecule has 1 amide bonds. The highest BCUT2D eigenvalue weighted by Crippen LogP contribution is 2.39. The van der Waals surface area contributed by atoms with Crippen LogP contribution in [0.2, 0.25) is 0 Å². The number of aromatic nitrogens is 1. The lowest BCUT2D eigenvalue weighted by Crippen LogP contribution is -3.00. The number of fused-ring (bicyclic) bond motifs is 1. The number of rotatable bonds is 4. The van der Waals surface area contributed by atoms with Crippen LogP contribution in [0.4, 0.5) is 0 Å². The molecule has 0 saturated carbocycles. The molecule has 128 valence electrons. The molecule has 0 unspecified atom stereocenters. The summed E-state index contributed by atoms with van der Waals surface area (Å²) >= 11 is 1.46. The molecule has 2 atom stereocenters. The number of aromatic hydroxyl groups is 1. The van der Waals surface area contributed by atoms with Crippen LogP contribution in [-0.2, 0) is 16.1 Å². The number of hydrogen-bond acceptors (Lipinski definition) is 5. The quantitative estimate of drug-likeness (QED) is 0.381. The van der Waals surface area contributed by atoms with Crippen molar-refractivity contribution in [1.29, 1.82) is 0 Å². The Balaban J connectivity index is 0.00000208. The molecular weight excluding hydrogens is 354 g/mol. The molecule has 0 aliphatic carbocycles. The van der Waals surface area contributed by atoms with Crippen LogP contribution in [0.5, 0.6) is 5.75 Å². The van der Waals surface area contributed by atoms with E-state index in [2.05, 4.69) is 0 Å². The molecule has 3 rings (SSSR count). The van der Waals surface area contributed by atoms with Crippen molar-refractivity contribution in [2.45, 2.75) is 18.0 Å². The van der Waals surface area contributed by atoms with Crippen molar-refractivity contribution in [3.8, 4) is 5.75 Å². The number of carboxylic acids is 1. The Bertz CT molecular complexity index is 737. The third kappa shape index (κ3) is 3.26. The summed E-state index contributed by atoms with van der Waals surface area (Å²) in [5.41, 5.74) is 6.30. The highest BCUT2D eigenvalue weighted by atomic mass is 35.5. The topological polar surface area (TPSA) is 108 Å². The van der Waals surface area contributed by atoms with Gasteiger partial charge in [-0.05, 0) is 17.7 Å². The molecule has 2 aliphatic rings. The number of pyridine rings is 1. The van der Waals surface area contributed by atoms with Crippen LogP contribution in [0.15, 0.2) is 47.9 Å². The minimum atomic E-state index is -1.12. The van der Waals surface area contributed by atoms with Gasteiger partial charge < -0.3 is 28.4 Å². The summed E-state index contributed by atoms with van der Waals surface area (Å²) in [6, 6.07) is 2.66. The van der Waals surface area contributed by atoms with E-state index in [0.29, 0.717) is 17.9 Å². The largest absolute Gasteiger partial charge is 1.00 e. The summed E-state index contributed by atoms with van der Waals surface area (Å²) in [5, 5.41) is 18.5. The van der Waals surface area contributed by atoms with Crippen molar-refractivity contribution in [3.63, 3.8) is 0 Å². The smallest absolute Gasteiger partial charge is 0.352 e. The van der Waals surface area contributed by atoms with Gasteiger partial charge in [0.15, 0.2) is 18.5 Å². The van der Waals surface area contributed by atoms with Gasteiger partial charge >= 0.3 is 5.97 Å². The van der Waals surface area contributed by atoms with Crippen molar-refractivity contribution < 1.29 is 36.8 Å². The summed E-state index contributed by atoms with van der Waals surface area (Å²) in [5.74, 6) is -0.832. The molecule has 1 aromatic heterocycles. The van der Waals surface area contributed by atoms with Crippen molar-refractivity contribution >= 4 is 23.6 Å². The zero-order valence-electron chi connectivity index (χ0n) is 12.5. The van der Waals surface area contributed by atoms with Gasteiger partial charge in [-0.25, -0.2) is 4.79 Å². The number of nitrogens with two attached hydrogens (primary N) is 1. The average molecular weight is 370 g/mol. The second kappa shape index (κ2) is 7.25. The number of carbonyl (C=O) groups is 2. The molecule has 0 spiro atoms. The normalized spacial score (nSPS) is 22.9. The molecule has 1 fully saturated rings. The number of thioether (sulfide) groups is 1. The molecule has 24 heavy (non-hydrogen) atoms. The lowest BCUT2D eigenvalue weighted by Gasteiger charge is -2.47. The zero-order chi connectivity index (χ0) is 16.6. The first-order valence-electron chi connectivity index (χ1n) is 7.00. The lowest BCUT2D eigenvalue weighted by molar-refractivity contribution is -0.687. The molecule has 9 heteroatoms. The Kier molecular flexibility index (Phi) is 5.53. The number of carbonyl (C=O) groups excluding carboxylic acids is 1. The third-order valence-electron chi connectivity index (χ3n) is 3.72. The SMILES string of the molecule is N[C@@H]1C(=O)N2C(C(=O)O)=C(/C=C/C[n+]3cccc(O)c3)CS[C@H]12.[Cl-]. The van der Waals surface area contributed by atoms with Gasteiger partial charge in [0.25, 0.3) is 0 Å². The predicted octanol–water partition coefficient (Wildman–Crippen LogP) is -3.18. The van der Waals surface area contributed by atoms with E-state index in [0.717, 1.165) is 0 Å². The molecule has 1 aromatic rings. The molecule has 0 aromatic carbocycles. The number of carboxylic acid groups (broad SMARTS) is 1. The standard InChI is InChI=1S/C15H15N3O4S.ClH/c16-11-13(20)18-12(15(21)22)9(8-23-14(11)18)3-1-5-17-6-2-4-10(19)7-17;/h1-4,6-7,11,14H,5,8,16H2,(H-,19,21,22);1H/b3-1+;/t11-,14-;/m1./s1. The van der Waals surface area contributed by atoms with Crippen molar-refractivity contribution in [2.75, 3.05) is 5.75 Å². The molecule has 2 aliphatic heterocycles. The van der Waals surface area contributed by atoms with Gasteiger partial charge in [-0.2, -0.15) is 4.57 Å². The van der Waals surface area contributed by atoms with Crippen molar-refractivity contribution in [3.05, 3.63) is 47.9 Å². The second-order valence-electron chi connectivity index (χ2n) is 5.28. The van der Waals surface area contributed by atoms with Crippen LogP contribution in [0.1, 0.15) is 0 Å². The van der Waals surface area contributed by atoms with E-state index < -0.39 is 12.0 Å². The van der Waals surface area contributed by atoms with E-state index in [1.165, 1.54) is 16.7 Å². The van der Waals surface area contributed by atoms with Gasteiger partial charge in [0.05, 0.1) is 0 Å². The molecular formula is C15H16ClN3O4S. The maximum Gasteiger partial charge on any atom is 0.352 e. The predicted molar refractivity (Wildman–Crippen MR) is 83.2 cm³/mol. The number of allylic oxidation sites excluding steroid dienone is 2. The number of halogens is 1. The van der Waals surface area contributed by atoms with Crippen LogP contribution < -0.4 is 22.7 Å². The fourth-order valence-corrected chi connectivity index (χ4v) is 3.87. The maximum absolute atomic E-state index is 11.8. The molecule has 4 N–H and O–H groups in total. The highest BCUT2D eigenvalue weighted by Gasteiger charge is 2.51. The van der Waals surface area contributed by atoms with Gasteiger partial charge in [-0.15, -0.1) is 11.8 Å². The van der Waals surface area contributed by atoms with Crippen molar-refractivity contribution in [1.82, 2.24) is 4.90 Å². The van der Waals surface area contributed by atoms with Crippen molar-refractivity contribution in [2.24, 2.45) is 5.73 Å². The van der Waals surface area contributed by atoms with Crippen LogP contribution in [0.25, 0.3) is 0 Å². The summed E-state index contributed by atoms with van der Waals surface area (Å²) in [6.07, 6.45) is 6.87. The fraction of sp³-hybridized carbons (Fsp3) is 0.267. The first kappa shape index (κ1) is 18.3. The minimum absolute atomic E-state index is 0. The van der Waals surface area contributed by atoms with E-state index >= 15 is 0 Å². The second-order valence-corrected chi connectivity index (χ2v) is 6.38. The lowest BCUT2D eigenvalue weighted by atomic mass is 10.0. The Morgan fingerprint density at radius 3 is 2.96 bits per heavy atom. The molecule has 3 heterocycles. The van der Waals surface area contributed by atoms with Crippen LogP contribution in [-0.4, -0.2) is 44.2 Å². The van der Waals surface area contributed by atoms with Gasteiger partial charge in [-0.1, -0.05) is 6.08 Å². The number of hydrogen-bond donors (Lipinski definition) is 3. The van der Waals surface area contributed by atoms with Gasteiger partial charge in [-0.3, -0.25) is 9.69 Å². The minimum Gasteiger partial charge on any atom is -1.00 e. The molecule has 7 nitrogen and oxygen atoms in total. The van der Waals surface area contributed by atoms with Gasteiger partial charge in [0.1, 0.15) is 17.1 Å². The van der Waals surface area contributed by atoms with Crippen LogP contribution in [0.3, 0.4) is 0 Å². The van der Waals surface area contributed by atoms with Crippen LogP contribution in [0, 0.1) is 0 Å². The first-order chi connectivity index (χ1) is 11.0. The maximum atomic E-state index is 11.8. The fourth-order valence-electron chi connectivity index (χ4n) is 2.61. The summed E-state index contributed by atoms with van der Waals surface area (Å²) in [4.78, 5) is 24.6. The molecule has 1 saturated heterocycles. The Hall–Kier alpha value is -2.03. The summed E-state index contributed by atoms with van der Waals surface area (Å²) in [6.45, 7) is 0.479. The monoisotopic (exact) mass is 369 g/mol. The van der Waals surface area contributed by atoms with E-state index in [1.54, 1.807) is 41.2 Å². The van der Waals surface area contributed by atoms with Crippen LogP contribution >= 0.6 is 11.8 Å². The third-order valence-corrected chi connectivity index (χ3v) is 5.04.